The van der Waals surface area contributed by atoms with Crippen molar-refractivity contribution in [2.75, 3.05) is 7.11 Å². The molecule has 0 bridgehead atoms. The molecule has 2 aromatic carbocycles. The van der Waals surface area contributed by atoms with Crippen LogP contribution in [-0.2, 0) is 11.3 Å². The summed E-state index contributed by atoms with van der Waals surface area (Å²) in [5.41, 5.74) is 2.16. The summed E-state index contributed by atoms with van der Waals surface area (Å²) in [5, 5.41) is 1.51. The number of esters is 1. The molecule has 2 heterocycles. The molecule has 0 spiro atoms. The highest BCUT2D eigenvalue weighted by molar-refractivity contribution is 9.10. The second-order valence-electron chi connectivity index (χ2n) is 6.49. The van der Waals surface area contributed by atoms with Crippen LogP contribution in [0.5, 0.6) is 5.75 Å². The topological polar surface area (TPSA) is 78.6 Å². The van der Waals surface area contributed by atoms with Crippen molar-refractivity contribution < 1.29 is 18.7 Å². The molecule has 6 nitrogen and oxygen atoms in total. The normalized spacial score (nSPS) is 11.0. The molecule has 0 aliphatic rings. The van der Waals surface area contributed by atoms with E-state index >= 15 is 0 Å². The number of nitrogens with zero attached hydrogens (tertiary/aromatic N) is 1. The van der Waals surface area contributed by atoms with Gasteiger partial charge in [0.1, 0.15) is 17.9 Å². The summed E-state index contributed by atoms with van der Waals surface area (Å²) >= 11 is 3.35. The highest BCUT2D eigenvalue weighted by Crippen LogP contribution is 2.24. The van der Waals surface area contributed by atoms with E-state index in [0.717, 1.165) is 15.4 Å². The molecule has 0 aliphatic heterocycles. The molecule has 0 amide bonds. The van der Waals surface area contributed by atoms with Crippen molar-refractivity contribution in [3.05, 3.63) is 80.2 Å². The van der Waals surface area contributed by atoms with Gasteiger partial charge in [0.2, 0.25) is 0 Å². The number of aromatic nitrogens is 1. The van der Waals surface area contributed by atoms with E-state index in [2.05, 4.69) is 20.9 Å². The Hall–Kier alpha value is -3.19. The molecule has 0 saturated heterocycles. The van der Waals surface area contributed by atoms with E-state index in [0.29, 0.717) is 33.5 Å². The van der Waals surface area contributed by atoms with Gasteiger partial charge >= 0.3 is 11.6 Å². The lowest BCUT2D eigenvalue weighted by atomic mass is 10.1. The standard InChI is InChI=1S/C22H16BrNO5/c1-12-18(7-13-3-5-16(27-2)10-19(13)24-12)22(26)28-11-14-8-21(25)29-20-9-15(23)4-6-17(14)20/h3-10H,11H2,1-2H3. The molecule has 0 unspecified atom stereocenters. The molecule has 0 N–H and O–H groups in total. The van der Waals surface area contributed by atoms with Crippen molar-refractivity contribution in [3.63, 3.8) is 0 Å². The summed E-state index contributed by atoms with van der Waals surface area (Å²) in [4.78, 5) is 29.0. The molecule has 0 radical (unpaired) electrons. The van der Waals surface area contributed by atoms with E-state index < -0.39 is 11.6 Å². The maximum atomic E-state index is 12.7. The SMILES string of the molecule is COc1ccc2cc(C(=O)OCc3cc(=O)oc4cc(Br)ccc34)c(C)nc2c1. The molecule has 7 heteroatoms. The number of halogens is 1. The van der Waals surface area contributed by atoms with E-state index in [1.54, 1.807) is 26.2 Å². The molecule has 146 valence electrons. The zero-order chi connectivity index (χ0) is 20.5. The van der Waals surface area contributed by atoms with Gasteiger partial charge in [-0.25, -0.2) is 9.59 Å². The lowest BCUT2D eigenvalue weighted by Gasteiger charge is -2.10. The minimum absolute atomic E-state index is 0.0529. The van der Waals surface area contributed by atoms with Crippen LogP contribution in [0.25, 0.3) is 21.9 Å². The molecular formula is C22H16BrNO5. The highest BCUT2D eigenvalue weighted by Gasteiger charge is 2.15. The van der Waals surface area contributed by atoms with Crippen molar-refractivity contribution in [2.45, 2.75) is 13.5 Å². The lowest BCUT2D eigenvalue weighted by molar-refractivity contribution is 0.0472. The van der Waals surface area contributed by atoms with Gasteiger partial charge in [-0.2, -0.15) is 0 Å². The molecule has 0 fully saturated rings. The van der Waals surface area contributed by atoms with Gasteiger partial charge in [0.25, 0.3) is 0 Å². The number of fused-ring (bicyclic) bond motifs is 2. The maximum Gasteiger partial charge on any atom is 0.340 e. The number of hydrogen-bond donors (Lipinski definition) is 0. The molecule has 4 aromatic rings. The maximum absolute atomic E-state index is 12.7. The van der Waals surface area contributed by atoms with Gasteiger partial charge in [-0.15, -0.1) is 0 Å². The number of hydrogen-bond acceptors (Lipinski definition) is 6. The lowest BCUT2D eigenvalue weighted by Crippen LogP contribution is -2.10. The number of aryl methyl sites for hydroxylation is 1. The third kappa shape index (κ3) is 3.86. The number of ether oxygens (including phenoxy) is 2. The van der Waals surface area contributed by atoms with Crippen molar-refractivity contribution in [2.24, 2.45) is 0 Å². The van der Waals surface area contributed by atoms with Gasteiger partial charge in [0.15, 0.2) is 0 Å². The highest BCUT2D eigenvalue weighted by atomic mass is 79.9. The van der Waals surface area contributed by atoms with Crippen LogP contribution in [0.2, 0.25) is 0 Å². The number of rotatable bonds is 4. The van der Waals surface area contributed by atoms with Gasteiger partial charge < -0.3 is 13.9 Å². The predicted molar refractivity (Wildman–Crippen MR) is 112 cm³/mol. The predicted octanol–water partition coefficient (Wildman–Crippen LogP) is 4.78. The molecule has 4 rings (SSSR count). The fourth-order valence-corrected chi connectivity index (χ4v) is 3.46. The van der Waals surface area contributed by atoms with Crippen molar-refractivity contribution in [1.29, 1.82) is 0 Å². The molecule has 0 aliphatic carbocycles. The van der Waals surface area contributed by atoms with Gasteiger partial charge in [-0.05, 0) is 43.3 Å². The average molecular weight is 454 g/mol. The summed E-state index contributed by atoms with van der Waals surface area (Å²) in [6, 6.07) is 13.9. The third-order valence-corrected chi connectivity index (χ3v) is 5.08. The van der Waals surface area contributed by atoms with Crippen molar-refractivity contribution >= 4 is 43.8 Å². The average Bonchev–Trinajstić information content (AvgIpc) is 2.70. The molecule has 0 saturated carbocycles. The Balaban J connectivity index is 1.63. The first kappa shape index (κ1) is 19.1. The minimum Gasteiger partial charge on any atom is -0.497 e. The molecule has 2 aromatic heterocycles. The van der Waals surface area contributed by atoms with Crippen LogP contribution in [0.15, 0.2) is 62.2 Å². The Labute approximate surface area is 174 Å². The Bertz CT molecular complexity index is 1310. The monoisotopic (exact) mass is 453 g/mol. The summed E-state index contributed by atoms with van der Waals surface area (Å²) in [6.07, 6.45) is 0. The second kappa shape index (κ2) is 7.67. The van der Waals surface area contributed by atoms with Crippen molar-refractivity contribution in [1.82, 2.24) is 4.98 Å². The van der Waals surface area contributed by atoms with Crippen LogP contribution in [0.1, 0.15) is 21.6 Å². The number of carbonyl (C=O) groups is 1. The number of pyridine rings is 1. The Morgan fingerprint density at radius 3 is 2.76 bits per heavy atom. The van der Waals surface area contributed by atoms with E-state index in [-0.39, 0.29) is 6.61 Å². The van der Waals surface area contributed by atoms with Gasteiger partial charge in [-0.1, -0.05) is 15.9 Å². The first-order valence-electron chi connectivity index (χ1n) is 8.79. The van der Waals surface area contributed by atoms with Crippen LogP contribution in [0.4, 0.5) is 0 Å². The summed E-state index contributed by atoms with van der Waals surface area (Å²) < 4.78 is 16.7. The van der Waals surface area contributed by atoms with Gasteiger partial charge in [-0.3, -0.25) is 4.98 Å². The summed E-state index contributed by atoms with van der Waals surface area (Å²) in [6.45, 7) is 1.70. The van der Waals surface area contributed by atoms with Crippen LogP contribution in [0, 0.1) is 6.92 Å². The Kier molecular flexibility index (Phi) is 5.07. The molecule has 0 atom stereocenters. The quantitative estimate of drug-likeness (QED) is 0.326. The minimum atomic E-state index is -0.508. The molecule has 29 heavy (non-hydrogen) atoms. The fraction of sp³-hybridized carbons (Fsp3) is 0.136. The fourth-order valence-electron chi connectivity index (χ4n) is 3.12. The summed E-state index contributed by atoms with van der Waals surface area (Å²) in [7, 11) is 1.59. The number of methoxy groups -OCH3 is 1. The Morgan fingerprint density at radius 2 is 1.97 bits per heavy atom. The first-order chi connectivity index (χ1) is 13.9. The van der Waals surface area contributed by atoms with Crippen LogP contribution >= 0.6 is 15.9 Å². The first-order valence-corrected chi connectivity index (χ1v) is 9.59. The molecular weight excluding hydrogens is 438 g/mol. The van der Waals surface area contributed by atoms with E-state index in [1.165, 1.54) is 6.07 Å². The zero-order valence-corrected chi connectivity index (χ0v) is 17.3. The van der Waals surface area contributed by atoms with Crippen LogP contribution < -0.4 is 10.4 Å². The second-order valence-corrected chi connectivity index (χ2v) is 7.40. The van der Waals surface area contributed by atoms with E-state index in [9.17, 15) is 9.59 Å². The summed E-state index contributed by atoms with van der Waals surface area (Å²) in [5.74, 6) is 0.187. The smallest absolute Gasteiger partial charge is 0.340 e. The number of carbonyl (C=O) groups excluding carboxylic acids is 1. The third-order valence-electron chi connectivity index (χ3n) is 4.59. The Morgan fingerprint density at radius 1 is 1.14 bits per heavy atom. The van der Waals surface area contributed by atoms with E-state index in [4.69, 9.17) is 13.9 Å². The van der Waals surface area contributed by atoms with Crippen LogP contribution in [0.3, 0.4) is 0 Å². The largest absolute Gasteiger partial charge is 0.497 e. The van der Waals surface area contributed by atoms with E-state index in [1.807, 2.05) is 30.3 Å². The van der Waals surface area contributed by atoms with Crippen LogP contribution in [-0.4, -0.2) is 18.1 Å². The zero-order valence-electron chi connectivity index (χ0n) is 15.7. The van der Waals surface area contributed by atoms with Crippen molar-refractivity contribution in [3.8, 4) is 5.75 Å². The number of benzene rings is 2. The van der Waals surface area contributed by atoms with Gasteiger partial charge in [0.05, 0.1) is 23.9 Å². The van der Waals surface area contributed by atoms with Gasteiger partial charge in [0, 0.05) is 32.9 Å².